The summed E-state index contributed by atoms with van der Waals surface area (Å²) < 4.78 is 31.7. The molecule has 0 unspecified atom stereocenters. The lowest BCUT2D eigenvalue weighted by molar-refractivity contribution is -0.883. The van der Waals surface area contributed by atoms with E-state index in [1.165, 1.54) is 13.8 Å². The van der Waals surface area contributed by atoms with E-state index in [4.69, 9.17) is 28.4 Å². The highest BCUT2D eigenvalue weighted by atomic mass is 16.6. The second-order valence-corrected chi connectivity index (χ2v) is 17.1. The Hall–Kier alpha value is -3.26. The van der Waals surface area contributed by atoms with E-state index in [9.17, 15) is 28.8 Å². The Morgan fingerprint density at radius 1 is 0.377 bits per heavy atom. The largest absolute Gasteiger partial charge is 0.466 e. The van der Waals surface area contributed by atoms with Crippen molar-refractivity contribution in [2.45, 2.75) is 181 Å². The summed E-state index contributed by atoms with van der Waals surface area (Å²) in [6, 6.07) is 0. The molecule has 0 saturated carbocycles. The molecular weight excluding hydrogens is 785 g/mol. The predicted molar refractivity (Wildman–Crippen MR) is 236 cm³/mol. The second kappa shape index (κ2) is 40.8. The summed E-state index contributed by atoms with van der Waals surface area (Å²) >= 11 is 0. The van der Waals surface area contributed by atoms with Crippen molar-refractivity contribution in [3.05, 3.63) is 0 Å². The van der Waals surface area contributed by atoms with Crippen LogP contribution in [0.2, 0.25) is 0 Å². The zero-order valence-corrected chi connectivity index (χ0v) is 39.2. The summed E-state index contributed by atoms with van der Waals surface area (Å²) in [6.07, 6.45) is 26.3. The molecule has 0 bridgehead atoms. The lowest BCUT2D eigenvalue weighted by Gasteiger charge is -2.28. The summed E-state index contributed by atoms with van der Waals surface area (Å²) in [5.41, 5.74) is 0. The molecule has 0 spiro atoms. The molecule has 356 valence electrons. The van der Waals surface area contributed by atoms with Crippen molar-refractivity contribution in [1.29, 1.82) is 0 Å². The Kier molecular flexibility index (Phi) is 38.6. The van der Waals surface area contributed by atoms with Crippen LogP contribution in [0.25, 0.3) is 0 Å². The topological polar surface area (TPSA) is 161 Å². The standard InChI is InChI=1S/C47H87N2O12/c1-42(50)56-38-32-48(3)40-46(54)60-36-28-22-16-10-8-14-20-26-34-58-44(52)30-24-18-12-6-7-13-19-25-31-45(53)59-35-27-21-15-9-11-17-23-29-37-61-47(55)41-49(4,5)33-39-57-43(2)51/h6-41H2,1-5H3/q+1. The monoisotopic (exact) mass is 872 g/mol. The summed E-state index contributed by atoms with van der Waals surface area (Å²) in [5, 5.41) is 0. The van der Waals surface area contributed by atoms with Crippen LogP contribution in [0.1, 0.15) is 181 Å². The molecule has 14 nitrogen and oxygen atoms in total. The van der Waals surface area contributed by atoms with Gasteiger partial charge in [-0.25, -0.2) is 4.79 Å². The van der Waals surface area contributed by atoms with Crippen molar-refractivity contribution in [2.75, 3.05) is 87.0 Å². The maximum atomic E-state index is 12.1. The van der Waals surface area contributed by atoms with E-state index in [-0.39, 0.29) is 62.1 Å². The molecule has 61 heavy (non-hydrogen) atoms. The van der Waals surface area contributed by atoms with Gasteiger partial charge in [-0.3, -0.25) is 28.9 Å². The molecule has 0 aliphatic rings. The molecule has 0 N–H and O–H groups in total. The number of carbonyl (C=O) groups excluding carboxylic acids is 6. The van der Waals surface area contributed by atoms with Crippen LogP contribution in [0.15, 0.2) is 0 Å². The van der Waals surface area contributed by atoms with Crippen LogP contribution < -0.4 is 0 Å². The first-order valence-electron chi connectivity index (χ1n) is 23.7. The predicted octanol–water partition coefficient (Wildman–Crippen LogP) is 8.44. The molecule has 0 fully saturated rings. The highest BCUT2D eigenvalue weighted by Gasteiger charge is 2.21. The minimum atomic E-state index is -0.326. The third-order valence-electron chi connectivity index (χ3n) is 10.4. The molecule has 0 aliphatic heterocycles. The maximum absolute atomic E-state index is 12.1. The second-order valence-electron chi connectivity index (χ2n) is 17.1. The fourth-order valence-electron chi connectivity index (χ4n) is 6.62. The fourth-order valence-corrected chi connectivity index (χ4v) is 6.62. The van der Waals surface area contributed by atoms with Gasteiger partial charge >= 0.3 is 35.8 Å². The minimum Gasteiger partial charge on any atom is -0.466 e. The van der Waals surface area contributed by atoms with Gasteiger partial charge in [-0.05, 0) is 45.6 Å². The van der Waals surface area contributed by atoms with Crippen LogP contribution in [0.5, 0.6) is 0 Å². The first kappa shape index (κ1) is 57.7. The van der Waals surface area contributed by atoms with E-state index < -0.39 is 0 Å². The van der Waals surface area contributed by atoms with Gasteiger partial charge in [0.1, 0.15) is 19.8 Å². The first-order chi connectivity index (χ1) is 29.3. The van der Waals surface area contributed by atoms with E-state index in [1.807, 2.05) is 14.1 Å². The molecule has 0 amide bonds. The molecule has 0 atom stereocenters. The summed E-state index contributed by atoms with van der Waals surface area (Å²) in [5.74, 6) is -1.30. The van der Waals surface area contributed by atoms with Gasteiger partial charge in [0, 0.05) is 33.2 Å². The lowest BCUT2D eigenvalue weighted by Crippen LogP contribution is -2.46. The smallest absolute Gasteiger partial charge is 0.361 e. The highest BCUT2D eigenvalue weighted by molar-refractivity contribution is 5.72. The van der Waals surface area contributed by atoms with Gasteiger partial charge < -0.3 is 32.9 Å². The van der Waals surface area contributed by atoms with Gasteiger partial charge in [-0.1, -0.05) is 116 Å². The Labute approximate surface area is 369 Å². The van der Waals surface area contributed by atoms with Gasteiger partial charge in [-0.15, -0.1) is 0 Å². The molecule has 0 aliphatic carbocycles. The van der Waals surface area contributed by atoms with Crippen LogP contribution in [0.3, 0.4) is 0 Å². The number of ether oxygens (including phenoxy) is 6. The SMILES string of the molecule is CC(=O)OCCN(C)CC(=O)OCCCCCCCCCCOC(=O)CCCCCCCCCCC(=O)OCCCCCCCCCCOC(=O)C[N+](C)(C)CCOC(C)=O. The molecule has 14 heteroatoms. The minimum absolute atomic E-state index is 0.0878. The van der Waals surface area contributed by atoms with Crippen molar-refractivity contribution in [1.82, 2.24) is 4.90 Å². The average Bonchev–Trinajstić information content (AvgIpc) is 3.18. The number of likely N-dealkylation sites (N-methyl/N-ethyl adjacent to an activating group) is 2. The Bertz CT molecular complexity index is 1150. The van der Waals surface area contributed by atoms with Gasteiger partial charge in [0.25, 0.3) is 0 Å². The van der Waals surface area contributed by atoms with Crippen LogP contribution >= 0.6 is 0 Å². The molecular formula is C47H87N2O12+. The van der Waals surface area contributed by atoms with Crippen molar-refractivity contribution in [3.63, 3.8) is 0 Å². The van der Waals surface area contributed by atoms with Crippen LogP contribution in [0.4, 0.5) is 0 Å². The number of unbranched alkanes of at least 4 members (excludes halogenated alkanes) is 21. The van der Waals surface area contributed by atoms with Gasteiger partial charge in [0.05, 0.1) is 47.1 Å². The van der Waals surface area contributed by atoms with E-state index in [0.29, 0.717) is 56.8 Å². The van der Waals surface area contributed by atoms with Crippen molar-refractivity contribution < 1.29 is 61.7 Å². The number of carbonyl (C=O) groups is 6. The van der Waals surface area contributed by atoms with E-state index >= 15 is 0 Å². The molecule has 0 aromatic carbocycles. The van der Waals surface area contributed by atoms with E-state index in [0.717, 1.165) is 154 Å². The van der Waals surface area contributed by atoms with Crippen molar-refractivity contribution >= 4 is 35.8 Å². The molecule has 0 rings (SSSR count). The van der Waals surface area contributed by atoms with Crippen LogP contribution in [0, 0.1) is 0 Å². The zero-order chi connectivity index (χ0) is 45.2. The number of nitrogens with zero attached hydrogens (tertiary/aromatic N) is 2. The third-order valence-corrected chi connectivity index (χ3v) is 10.4. The molecule has 0 saturated heterocycles. The Morgan fingerprint density at radius 3 is 1.07 bits per heavy atom. The molecule has 0 aromatic heterocycles. The van der Waals surface area contributed by atoms with Crippen molar-refractivity contribution in [2.24, 2.45) is 0 Å². The summed E-state index contributed by atoms with van der Waals surface area (Å²) in [4.78, 5) is 71.5. The highest BCUT2D eigenvalue weighted by Crippen LogP contribution is 2.13. The number of esters is 6. The summed E-state index contributed by atoms with van der Waals surface area (Å²) in [7, 11) is 5.62. The normalized spacial score (nSPS) is 11.3. The average molecular weight is 872 g/mol. The lowest BCUT2D eigenvalue weighted by atomic mass is 10.1. The third kappa shape index (κ3) is 44.6. The van der Waals surface area contributed by atoms with E-state index in [1.54, 1.807) is 11.9 Å². The fraction of sp³-hybridized carbons (Fsp3) is 0.872. The van der Waals surface area contributed by atoms with Crippen molar-refractivity contribution in [3.8, 4) is 0 Å². The molecule has 0 heterocycles. The number of hydrogen-bond acceptors (Lipinski definition) is 13. The number of rotatable bonds is 43. The Morgan fingerprint density at radius 2 is 0.689 bits per heavy atom. The number of quaternary nitrogens is 1. The quantitative estimate of drug-likeness (QED) is 0.0249. The number of hydrogen-bond donors (Lipinski definition) is 0. The molecule has 0 aromatic rings. The first-order valence-corrected chi connectivity index (χ1v) is 23.7. The summed E-state index contributed by atoms with van der Waals surface area (Å²) in [6.45, 7) is 6.68. The zero-order valence-electron chi connectivity index (χ0n) is 39.2. The Balaban J connectivity index is 3.40. The van der Waals surface area contributed by atoms with Gasteiger partial charge in [0.15, 0.2) is 6.54 Å². The van der Waals surface area contributed by atoms with Gasteiger partial charge in [-0.2, -0.15) is 0 Å². The molecule has 0 radical (unpaired) electrons. The maximum Gasteiger partial charge on any atom is 0.361 e. The van der Waals surface area contributed by atoms with Crippen LogP contribution in [-0.2, 0) is 57.2 Å². The van der Waals surface area contributed by atoms with E-state index in [2.05, 4.69) is 0 Å². The van der Waals surface area contributed by atoms with Crippen LogP contribution in [-0.4, -0.2) is 132 Å². The van der Waals surface area contributed by atoms with Gasteiger partial charge in [0.2, 0.25) is 0 Å².